The molecular weight excluding hydrogens is 319 g/mol. The minimum atomic E-state index is -1.48. The lowest BCUT2D eigenvalue weighted by Gasteiger charge is -2.23. The van der Waals surface area contributed by atoms with Gasteiger partial charge in [0.05, 0.1) is 21.8 Å². The van der Waals surface area contributed by atoms with Crippen molar-refractivity contribution in [1.29, 1.82) is 0 Å². The van der Waals surface area contributed by atoms with Gasteiger partial charge in [0.25, 0.3) is 0 Å². The van der Waals surface area contributed by atoms with Crippen LogP contribution in [0.2, 0.25) is 0 Å². The third-order valence-electron chi connectivity index (χ3n) is 4.12. The number of halogens is 1. The second-order valence-electron chi connectivity index (χ2n) is 5.85. The number of nitrogens with zero attached hydrogens (tertiary/aromatic N) is 1. The molecule has 0 spiro atoms. The number of nitrogens with one attached hydrogen (secondary N) is 1. The fourth-order valence-electron chi connectivity index (χ4n) is 2.79. The molecule has 1 saturated carbocycles. The van der Waals surface area contributed by atoms with E-state index in [0.29, 0.717) is 6.54 Å². The smallest absolute Gasteiger partial charge is 0.317 e. The maximum absolute atomic E-state index is 13.5. The molecule has 1 aliphatic carbocycles. The zero-order valence-corrected chi connectivity index (χ0v) is 14.0. The Kier molecular flexibility index (Phi) is 6.53. The van der Waals surface area contributed by atoms with Crippen LogP contribution in [0.25, 0.3) is 0 Å². The molecule has 128 valence electrons. The van der Waals surface area contributed by atoms with Crippen molar-refractivity contribution in [2.45, 2.75) is 30.3 Å². The first-order valence-corrected chi connectivity index (χ1v) is 9.11. The van der Waals surface area contributed by atoms with Gasteiger partial charge < -0.3 is 15.3 Å². The Hall–Kier alpha value is -1.47. The number of aliphatic hydroxyl groups excluding tert-OH is 1. The van der Waals surface area contributed by atoms with Crippen molar-refractivity contribution < 1.29 is 18.5 Å². The number of hydrogen-bond donors (Lipinski definition) is 2. The summed E-state index contributed by atoms with van der Waals surface area (Å²) in [5.74, 6) is -0.213. The van der Waals surface area contributed by atoms with E-state index in [1.807, 2.05) is 0 Å². The maximum Gasteiger partial charge on any atom is 0.317 e. The zero-order chi connectivity index (χ0) is 16.8. The van der Waals surface area contributed by atoms with Crippen LogP contribution in [0.5, 0.6) is 0 Å². The van der Waals surface area contributed by atoms with E-state index < -0.39 is 16.6 Å². The Morgan fingerprint density at radius 2 is 2.17 bits per heavy atom. The molecule has 1 aliphatic rings. The van der Waals surface area contributed by atoms with Crippen LogP contribution in [-0.4, -0.2) is 52.2 Å². The lowest BCUT2D eigenvalue weighted by molar-refractivity contribution is 0.114. The quantitative estimate of drug-likeness (QED) is 0.827. The summed E-state index contributed by atoms with van der Waals surface area (Å²) in [6, 6.07) is 5.67. The number of benzene rings is 1. The minimum absolute atomic E-state index is 0.123. The molecule has 3 atom stereocenters. The molecule has 2 N–H and O–H groups in total. The van der Waals surface area contributed by atoms with Crippen LogP contribution in [0, 0.1) is 11.7 Å². The van der Waals surface area contributed by atoms with Crippen molar-refractivity contribution >= 4 is 16.8 Å². The summed E-state index contributed by atoms with van der Waals surface area (Å²) < 4.78 is 25.5. The van der Waals surface area contributed by atoms with Gasteiger partial charge in [-0.1, -0.05) is 18.6 Å². The van der Waals surface area contributed by atoms with Crippen LogP contribution >= 0.6 is 0 Å². The third-order valence-corrected chi connectivity index (χ3v) is 5.52. The van der Waals surface area contributed by atoms with Gasteiger partial charge in [0.2, 0.25) is 0 Å². The van der Waals surface area contributed by atoms with Gasteiger partial charge in [-0.15, -0.1) is 0 Å². The van der Waals surface area contributed by atoms with Crippen LogP contribution < -0.4 is 5.32 Å². The second-order valence-corrected chi connectivity index (χ2v) is 7.39. The van der Waals surface area contributed by atoms with E-state index in [2.05, 4.69) is 5.32 Å². The molecule has 3 unspecified atom stereocenters. The van der Waals surface area contributed by atoms with Crippen molar-refractivity contribution in [2.24, 2.45) is 5.92 Å². The highest BCUT2D eigenvalue weighted by Gasteiger charge is 2.27. The van der Waals surface area contributed by atoms with Gasteiger partial charge in [-0.3, -0.25) is 4.21 Å². The molecule has 0 heterocycles. The molecular formula is C16H23FN2O3S. The summed E-state index contributed by atoms with van der Waals surface area (Å²) in [6.45, 7) is 0.709. The number of amides is 2. The van der Waals surface area contributed by atoms with Gasteiger partial charge in [-0.25, -0.2) is 9.18 Å². The van der Waals surface area contributed by atoms with Gasteiger partial charge in [-0.05, 0) is 25.0 Å². The standard InChI is InChI=1S/C16H23FN2O3S/c1-19(11-12-5-4-7-14(12)20)16(21)18-9-10-23(22)15-8-3-2-6-13(15)17/h2-3,6,8,12,14,20H,4-5,7,9-11H2,1H3,(H,18,21). The number of urea groups is 1. The average molecular weight is 342 g/mol. The molecule has 2 amide bonds. The monoisotopic (exact) mass is 342 g/mol. The van der Waals surface area contributed by atoms with Crippen molar-refractivity contribution in [3.05, 3.63) is 30.1 Å². The lowest BCUT2D eigenvalue weighted by atomic mass is 10.1. The first kappa shape index (κ1) is 17.9. The summed E-state index contributed by atoms with van der Waals surface area (Å²) in [6.07, 6.45) is 2.37. The molecule has 0 saturated heterocycles. The Morgan fingerprint density at radius 3 is 2.83 bits per heavy atom. The lowest BCUT2D eigenvalue weighted by Crippen LogP contribution is -2.42. The fraction of sp³-hybridized carbons (Fsp3) is 0.562. The normalized spacial score (nSPS) is 21.9. The zero-order valence-electron chi connectivity index (χ0n) is 13.2. The molecule has 1 aromatic rings. The Morgan fingerprint density at radius 1 is 1.43 bits per heavy atom. The van der Waals surface area contributed by atoms with Gasteiger partial charge in [0, 0.05) is 31.8 Å². The predicted molar refractivity (Wildman–Crippen MR) is 87.1 cm³/mol. The molecule has 0 aliphatic heterocycles. The second kappa shape index (κ2) is 8.40. The SMILES string of the molecule is CN(CC1CCCC1O)C(=O)NCCS(=O)c1ccccc1F. The minimum Gasteiger partial charge on any atom is -0.393 e. The Labute approximate surface area is 138 Å². The third kappa shape index (κ3) is 5.00. The Balaban J connectivity index is 1.74. The molecule has 23 heavy (non-hydrogen) atoms. The van der Waals surface area contributed by atoms with E-state index in [1.54, 1.807) is 19.2 Å². The fourth-order valence-corrected chi connectivity index (χ4v) is 3.81. The van der Waals surface area contributed by atoms with Crippen LogP contribution in [0.15, 0.2) is 29.2 Å². The number of aliphatic hydroxyl groups is 1. The molecule has 1 aromatic carbocycles. The largest absolute Gasteiger partial charge is 0.393 e. The molecule has 1 fully saturated rings. The van der Waals surface area contributed by atoms with E-state index in [1.165, 1.54) is 17.0 Å². The molecule has 2 rings (SSSR count). The van der Waals surface area contributed by atoms with Gasteiger partial charge >= 0.3 is 6.03 Å². The topological polar surface area (TPSA) is 69.6 Å². The number of carbonyl (C=O) groups excluding carboxylic acids is 1. The van der Waals surface area contributed by atoms with Gasteiger partial charge in [0.1, 0.15) is 5.82 Å². The first-order valence-electron chi connectivity index (χ1n) is 7.79. The first-order chi connectivity index (χ1) is 11.0. The number of rotatable bonds is 6. The van der Waals surface area contributed by atoms with Crippen LogP contribution in [0.1, 0.15) is 19.3 Å². The van der Waals surface area contributed by atoms with E-state index in [4.69, 9.17) is 0 Å². The number of carbonyl (C=O) groups is 1. The average Bonchev–Trinajstić information content (AvgIpc) is 2.92. The van der Waals surface area contributed by atoms with Crippen LogP contribution in [0.3, 0.4) is 0 Å². The molecule has 0 aromatic heterocycles. The van der Waals surface area contributed by atoms with Crippen molar-refractivity contribution in [1.82, 2.24) is 10.2 Å². The van der Waals surface area contributed by atoms with Crippen LogP contribution in [-0.2, 0) is 10.8 Å². The highest BCUT2D eigenvalue weighted by molar-refractivity contribution is 7.85. The van der Waals surface area contributed by atoms with E-state index in [0.717, 1.165) is 19.3 Å². The van der Waals surface area contributed by atoms with E-state index in [9.17, 15) is 18.5 Å². The summed E-state index contributed by atoms with van der Waals surface area (Å²) in [5, 5.41) is 12.5. The highest BCUT2D eigenvalue weighted by Crippen LogP contribution is 2.25. The summed E-state index contributed by atoms with van der Waals surface area (Å²) >= 11 is 0. The predicted octanol–water partition coefficient (Wildman–Crippen LogP) is 1.74. The van der Waals surface area contributed by atoms with Crippen molar-refractivity contribution in [2.75, 3.05) is 25.9 Å². The summed E-state index contributed by atoms with van der Waals surface area (Å²) in [4.78, 5) is 13.7. The summed E-state index contributed by atoms with van der Waals surface area (Å²) in [5.41, 5.74) is 0. The van der Waals surface area contributed by atoms with E-state index >= 15 is 0 Å². The Bertz CT molecular complexity index is 570. The molecule has 7 heteroatoms. The van der Waals surface area contributed by atoms with Gasteiger partial charge in [0.15, 0.2) is 0 Å². The maximum atomic E-state index is 13.5. The van der Waals surface area contributed by atoms with Crippen molar-refractivity contribution in [3.63, 3.8) is 0 Å². The molecule has 0 bridgehead atoms. The van der Waals surface area contributed by atoms with E-state index in [-0.39, 0.29) is 35.2 Å². The van der Waals surface area contributed by atoms with Crippen LogP contribution in [0.4, 0.5) is 9.18 Å². The molecule has 0 radical (unpaired) electrons. The van der Waals surface area contributed by atoms with Gasteiger partial charge in [-0.2, -0.15) is 0 Å². The molecule has 5 nitrogen and oxygen atoms in total. The van der Waals surface area contributed by atoms with Crippen molar-refractivity contribution in [3.8, 4) is 0 Å². The summed E-state index contributed by atoms with van der Waals surface area (Å²) in [7, 11) is 0.192. The number of hydrogen-bond acceptors (Lipinski definition) is 3. The highest BCUT2D eigenvalue weighted by atomic mass is 32.2.